The molecule has 0 unspecified atom stereocenters. The number of rotatable bonds is 5. The molecular formula is C26H32N4O. The number of likely N-dealkylation sites (tertiary alicyclic amines) is 1. The molecule has 31 heavy (non-hydrogen) atoms. The molecule has 1 aromatic heterocycles. The molecule has 2 N–H and O–H groups in total. The minimum atomic E-state index is 0.507. The standard InChI is InChI=1S/C26H32N4O/c1-31-22-8-6-19(7-9-22)25-18-26(23-4-2-3-5-24(23)29-25)28-20-12-16-30(17-13-20)21-10-14-27-15-11-21/h2-9,18,20-21,27H,10-17H2,1H3,(H,28,29). The third kappa shape index (κ3) is 4.53. The number of hydrogen-bond donors (Lipinski definition) is 2. The van der Waals surface area contributed by atoms with Crippen molar-refractivity contribution in [1.82, 2.24) is 15.2 Å². The molecule has 2 saturated heterocycles. The zero-order valence-corrected chi connectivity index (χ0v) is 18.3. The Kier molecular flexibility index (Phi) is 6.05. The summed E-state index contributed by atoms with van der Waals surface area (Å²) in [5.74, 6) is 0.864. The Bertz CT molecular complexity index is 1010. The molecule has 0 bridgehead atoms. The minimum absolute atomic E-state index is 0.507. The molecule has 3 aromatic rings. The number of fused-ring (bicyclic) bond motifs is 1. The van der Waals surface area contributed by atoms with Gasteiger partial charge in [0.1, 0.15) is 5.75 Å². The summed E-state index contributed by atoms with van der Waals surface area (Å²) in [6.45, 7) is 4.72. The van der Waals surface area contributed by atoms with Gasteiger partial charge in [-0.25, -0.2) is 4.98 Å². The van der Waals surface area contributed by atoms with Crippen molar-refractivity contribution < 1.29 is 4.74 Å². The van der Waals surface area contributed by atoms with Crippen molar-refractivity contribution in [3.63, 3.8) is 0 Å². The van der Waals surface area contributed by atoms with E-state index in [1.54, 1.807) is 7.11 Å². The quantitative estimate of drug-likeness (QED) is 0.640. The second-order valence-corrected chi connectivity index (χ2v) is 8.74. The largest absolute Gasteiger partial charge is 0.497 e. The zero-order valence-electron chi connectivity index (χ0n) is 18.3. The second kappa shape index (κ2) is 9.25. The third-order valence-electron chi connectivity index (χ3n) is 6.82. The zero-order chi connectivity index (χ0) is 21.0. The number of benzene rings is 2. The smallest absolute Gasteiger partial charge is 0.118 e. The van der Waals surface area contributed by atoms with Crippen molar-refractivity contribution in [2.24, 2.45) is 0 Å². The number of aromatic nitrogens is 1. The number of pyridine rings is 1. The first-order chi connectivity index (χ1) is 15.3. The fraction of sp³-hybridized carbons (Fsp3) is 0.423. The molecule has 2 fully saturated rings. The molecule has 0 amide bonds. The summed E-state index contributed by atoms with van der Waals surface area (Å²) >= 11 is 0. The molecule has 2 aliphatic heterocycles. The first kappa shape index (κ1) is 20.3. The van der Waals surface area contributed by atoms with Crippen LogP contribution >= 0.6 is 0 Å². The van der Waals surface area contributed by atoms with Crippen molar-refractivity contribution in [3.8, 4) is 17.0 Å². The van der Waals surface area contributed by atoms with E-state index in [1.165, 1.54) is 62.9 Å². The highest BCUT2D eigenvalue weighted by atomic mass is 16.5. The van der Waals surface area contributed by atoms with Crippen LogP contribution in [0.5, 0.6) is 5.75 Å². The van der Waals surface area contributed by atoms with E-state index < -0.39 is 0 Å². The predicted molar refractivity (Wildman–Crippen MR) is 128 cm³/mol. The number of para-hydroxylation sites is 1. The van der Waals surface area contributed by atoms with Crippen molar-refractivity contribution in [3.05, 3.63) is 54.6 Å². The highest BCUT2D eigenvalue weighted by Gasteiger charge is 2.26. The fourth-order valence-corrected chi connectivity index (χ4v) is 5.01. The lowest BCUT2D eigenvalue weighted by Crippen LogP contribution is -2.48. The lowest BCUT2D eigenvalue weighted by Gasteiger charge is -2.40. The summed E-state index contributed by atoms with van der Waals surface area (Å²) in [6.07, 6.45) is 4.97. The van der Waals surface area contributed by atoms with Crippen LogP contribution < -0.4 is 15.4 Å². The van der Waals surface area contributed by atoms with E-state index in [0.29, 0.717) is 6.04 Å². The van der Waals surface area contributed by atoms with Crippen LogP contribution in [0.3, 0.4) is 0 Å². The van der Waals surface area contributed by atoms with Gasteiger partial charge < -0.3 is 20.3 Å². The van der Waals surface area contributed by atoms with Gasteiger partial charge in [0, 0.05) is 41.8 Å². The minimum Gasteiger partial charge on any atom is -0.497 e. The molecule has 2 aliphatic rings. The number of anilines is 1. The SMILES string of the molecule is COc1ccc(-c2cc(NC3CCN(C4CCNCC4)CC3)c3ccccc3n2)cc1. The predicted octanol–water partition coefficient (Wildman–Crippen LogP) is 4.54. The fourth-order valence-electron chi connectivity index (χ4n) is 5.01. The number of nitrogens with zero attached hydrogens (tertiary/aromatic N) is 2. The lowest BCUT2D eigenvalue weighted by molar-refractivity contribution is 0.131. The summed E-state index contributed by atoms with van der Waals surface area (Å²) < 4.78 is 5.31. The van der Waals surface area contributed by atoms with E-state index in [-0.39, 0.29) is 0 Å². The van der Waals surface area contributed by atoms with Gasteiger partial charge in [0.2, 0.25) is 0 Å². The van der Waals surface area contributed by atoms with Gasteiger partial charge in [0.05, 0.1) is 18.3 Å². The Labute approximate surface area is 184 Å². The first-order valence-corrected chi connectivity index (χ1v) is 11.6. The number of ether oxygens (including phenoxy) is 1. The average molecular weight is 417 g/mol. The molecule has 0 atom stereocenters. The van der Waals surface area contributed by atoms with Crippen LogP contribution in [0.15, 0.2) is 54.6 Å². The van der Waals surface area contributed by atoms with Gasteiger partial charge in [-0.2, -0.15) is 0 Å². The molecule has 0 spiro atoms. The van der Waals surface area contributed by atoms with Gasteiger partial charge in [-0.15, -0.1) is 0 Å². The van der Waals surface area contributed by atoms with Crippen LogP contribution in [0.25, 0.3) is 22.2 Å². The molecule has 5 rings (SSSR count). The molecule has 0 saturated carbocycles. The van der Waals surface area contributed by atoms with Gasteiger partial charge in [-0.05, 0) is 75.2 Å². The maximum atomic E-state index is 5.31. The second-order valence-electron chi connectivity index (χ2n) is 8.74. The number of nitrogens with one attached hydrogen (secondary N) is 2. The van der Waals surface area contributed by atoms with Gasteiger partial charge in [-0.3, -0.25) is 0 Å². The van der Waals surface area contributed by atoms with Gasteiger partial charge in [0.25, 0.3) is 0 Å². The molecular weight excluding hydrogens is 384 g/mol. The molecule has 5 heteroatoms. The number of piperidine rings is 2. The van der Waals surface area contributed by atoms with E-state index in [1.807, 2.05) is 12.1 Å². The van der Waals surface area contributed by atoms with Crippen LogP contribution in [0.1, 0.15) is 25.7 Å². The highest BCUT2D eigenvalue weighted by Crippen LogP contribution is 2.31. The summed E-state index contributed by atoms with van der Waals surface area (Å²) in [5, 5.41) is 8.56. The highest BCUT2D eigenvalue weighted by molar-refractivity contribution is 5.93. The Morgan fingerprint density at radius 2 is 1.71 bits per heavy atom. The third-order valence-corrected chi connectivity index (χ3v) is 6.82. The van der Waals surface area contributed by atoms with Crippen LogP contribution in [-0.4, -0.2) is 55.3 Å². The van der Waals surface area contributed by atoms with Gasteiger partial charge in [0.15, 0.2) is 0 Å². The Balaban J connectivity index is 1.35. The summed E-state index contributed by atoms with van der Waals surface area (Å²) in [7, 11) is 1.70. The normalized spacial score (nSPS) is 18.9. The van der Waals surface area contributed by atoms with Crippen LogP contribution in [0.2, 0.25) is 0 Å². The van der Waals surface area contributed by atoms with E-state index >= 15 is 0 Å². The van der Waals surface area contributed by atoms with E-state index in [9.17, 15) is 0 Å². The van der Waals surface area contributed by atoms with E-state index in [2.05, 4.69) is 58.0 Å². The van der Waals surface area contributed by atoms with Gasteiger partial charge in [-0.1, -0.05) is 18.2 Å². The topological polar surface area (TPSA) is 49.4 Å². The molecule has 0 radical (unpaired) electrons. The molecule has 5 nitrogen and oxygen atoms in total. The lowest BCUT2D eigenvalue weighted by atomic mass is 9.98. The average Bonchev–Trinajstić information content (AvgIpc) is 2.85. The number of hydrogen-bond acceptors (Lipinski definition) is 5. The molecule has 0 aliphatic carbocycles. The summed E-state index contributed by atoms with van der Waals surface area (Å²) in [6, 6.07) is 20.1. The molecule has 162 valence electrons. The Morgan fingerprint density at radius 1 is 0.968 bits per heavy atom. The Morgan fingerprint density at radius 3 is 2.45 bits per heavy atom. The van der Waals surface area contributed by atoms with E-state index in [4.69, 9.17) is 9.72 Å². The summed E-state index contributed by atoms with van der Waals surface area (Å²) in [5.41, 5.74) is 4.33. The maximum Gasteiger partial charge on any atom is 0.118 e. The van der Waals surface area contributed by atoms with Crippen LogP contribution in [0, 0.1) is 0 Å². The van der Waals surface area contributed by atoms with Gasteiger partial charge >= 0.3 is 0 Å². The van der Waals surface area contributed by atoms with Crippen LogP contribution in [0.4, 0.5) is 5.69 Å². The van der Waals surface area contributed by atoms with E-state index in [0.717, 1.165) is 28.6 Å². The molecule has 3 heterocycles. The maximum absolute atomic E-state index is 5.31. The van der Waals surface area contributed by atoms with Crippen molar-refractivity contribution in [1.29, 1.82) is 0 Å². The van der Waals surface area contributed by atoms with Crippen molar-refractivity contribution in [2.75, 3.05) is 38.6 Å². The van der Waals surface area contributed by atoms with Crippen molar-refractivity contribution in [2.45, 2.75) is 37.8 Å². The first-order valence-electron chi connectivity index (χ1n) is 11.6. The molecule has 2 aromatic carbocycles. The number of methoxy groups -OCH3 is 1. The van der Waals surface area contributed by atoms with Crippen LogP contribution in [-0.2, 0) is 0 Å². The summed E-state index contributed by atoms with van der Waals surface area (Å²) in [4.78, 5) is 7.65. The van der Waals surface area contributed by atoms with Crippen molar-refractivity contribution >= 4 is 16.6 Å². The Hall–Kier alpha value is -2.63. The monoisotopic (exact) mass is 416 g/mol.